The maximum absolute atomic E-state index is 12.0. The highest BCUT2D eigenvalue weighted by molar-refractivity contribution is 5.90. The van der Waals surface area contributed by atoms with Crippen LogP contribution >= 0.6 is 0 Å². The second-order valence-corrected chi connectivity index (χ2v) is 5.55. The van der Waals surface area contributed by atoms with E-state index in [1.54, 1.807) is 0 Å². The third-order valence-corrected chi connectivity index (χ3v) is 3.70. The molecule has 6 heteroatoms. The largest absolute Gasteiger partial charge is 0.489 e. The summed E-state index contributed by atoms with van der Waals surface area (Å²) in [7, 11) is 0. The van der Waals surface area contributed by atoms with E-state index in [2.05, 4.69) is 16.0 Å². The minimum absolute atomic E-state index is 0.195. The van der Waals surface area contributed by atoms with Gasteiger partial charge >= 0.3 is 6.03 Å². The van der Waals surface area contributed by atoms with Gasteiger partial charge in [0.2, 0.25) is 5.91 Å². The Morgan fingerprint density at radius 3 is 2.67 bits per heavy atom. The van der Waals surface area contributed by atoms with Crippen molar-refractivity contribution in [2.45, 2.75) is 19.2 Å². The molecule has 0 aromatic heterocycles. The number of benzene rings is 2. The minimum atomic E-state index is -0.512. The summed E-state index contributed by atoms with van der Waals surface area (Å²) in [4.78, 5) is 23.0. The summed E-state index contributed by atoms with van der Waals surface area (Å²) >= 11 is 0. The lowest BCUT2D eigenvalue weighted by molar-refractivity contribution is -0.122. The van der Waals surface area contributed by atoms with Gasteiger partial charge in [0.15, 0.2) is 0 Å². The van der Waals surface area contributed by atoms with Crippen LogP contribution in [0.4, 0.5) is 4.79 Å². The molecule has 0 aliphatic carbocycles. The number of amides is 3. The zero-order chi connectivity index (χ0) is 16.8. The summed E-state index contributed by atoms with van der Waals surface area (Å²) in [5.41, 5.74) is 2.01. The van der Waals surface area contributed by atoms with Crippen LogP contribution in [-0.2, 0) is 17.9 Å². The number of nitrogens with one attached hydrogen (secondary N) is 3. The van der Waals surface area contributed by atoms with Crippen LogP contribution in [0.1, 0.15) is 11.1 Å². The van der Waals surface area contributed by atoms with Gasteiger partial charge in [0, 0.05) is 13.1 Å². The van der Waals surface area contributed by atoms with Crippen molar-refractivity contribution >= 4 is 11.9 Å². The Hall–Kier alpha value is -3.02. The van der Waals surface area contributed by atoms with Gasteiger partial charge in [0.05, 0.1) is 0 Å². The molecule has 1 fully saturated rings. The van der Waals surface area contributed by atoms with E-state index in [0.717, 1.165) is 16.9 Å². The normalized spacial score (nSPS) is 16.2. The quantitative estimate of drug-likeness (QED) is 0.754. The number of para-hydroxylation sites is 1. The standard InChI is InChI=1S/C18H19N3O3/c22-17(16-11-20-18(23)21-16)19-10-13-5-4-6-14(9-13)12-24-15-7-2-1-3-8-15/h1-9,16H,10-12H2,(H,19,22)(H2,20,21,23)/t16-/m1/s1. The van der Waals surface area contributed by atoms with Gasteiger partial charge in [0.25, 0.3) is 0 Å². The lowest BCUT2D eigenvalue weighted by atomic mass is 10.1. The van der Waals surface area contributed by atoms with Crippen molar-refractivity contribution in [3.63, 3.8) is 0 Å². The number of carbonyl (C=O) groups excluding carboxylic acids is 2. The van der Waals surface area contributed by atoms with E-state index < -0.39 is 6.04 Å². The summed E-state index contributed by atoms with van der Waals surface area (Å²) in [6.07, 6.45) is 0. The molecule has 0 bridgehead atoms. The zero-order valence-corrected chi connectivity index (χ0v) is 13.1. The predicted octanol–water partition coefficient (Wildman–Crippen LogP) is 1.56. The number of carbonyl (C=O) groups is 2. The molecule has 3 rings (SSSR count). The fraction of sp³-hybridized carbons (Fsp3) is 0.222. The highest BCUT2D eigenvalue weighted by Gasteiger charge is 2.26. The van der Waals surface area contributed by atoms with Gasteiger partial charge in [-0.15, -0.1) is 0 Å². The number of rotatable bonds is 6. The van der Waals surface area contributed by atoms with Gasteiger partial charge in [-0.1, -0.05) is 42.5 Å². The molecule has 3 amide bonds. The van der Waals surface area contributed by atoms with Crippen molar-refractivity contribution in [2.24, 2.45) is 0 Å². The molecule has 2 aromatic rings. The Labute approximate surface area is 140 Å². The van der Waals surface area contributed by atoms with Gasteiger partial charge in [-0.3, -0.25) is 4.79 Å². The van der Waals surface area contributed by atoms with Crippen LogP contribution in [0.3, 0.4) is 0 Å². The van der Waals surface area contributed by atoms with E-state index in [-0.39, 0.29) is 11.9 Å². The highest BCUT2D eigenvalue weighted by Crippen LogP contribution is 2.12. The van der Waals surface area contributed by atoms with E-state index >= 15 is 0 Å². The van der Waals surface area contributed by atoms with E-state index in [0.29, 0.717) is 19.7 Å². The van der Waals surface area contributed by atoms with Crippen molar-refractivity contribution in [1.29, 1.82) is 0 Å². The second kappa shape index (κ2) is 7.50. The van der Waals surface area contributed by atoms with Gasteiger partial charge in [0.1, 0.15) is 18.4 Å². The molecule has 1 aliphatic rings. The van der Waals surface area contributed by atoms with Crippen LogP contribution in [-0.4, -0.2) is 24.5 Å². The summed E-state index contributed by atoms with van der Waals surface area (Å²) in [5, 5.41) is 7.95. The van der Waals surface area contributed by atoms with Crippen molar-refractivity contribution in [3.8, 4) is 5.75 Å². The highest BCUT2D eigenvalue weighted by atomic mass is 16.5. The Balaban J connectivity index is 1.51. The first-order chi connectivity index (χ1) is 11.7. The molecule has 6 nitrogen and oxygen atoms in total. The molecule has 2 aromatic carbocycles. The lowest BCUT2D eigenvalue weighted by Crippen LogP contribution is -2.42. The molecule has 1 atom stereocenters. The van der Waals surface area contributed by atoms with E-state index in [1.165, 1.54) is 0 Å². The van der Waals surface area contributed by atoms with Crippen LogP contribution in [0.15, 0.2) is 54.6 Å². The average molecular weight is 325 g/mol. The molecule has 0 radical (unpaired) electrons. The minimum Gasteiger partial charge on any atom is -0.489 e. The van der Waals surface area contributed by atoms with Gasteiger partial charge in [-0.05, 0) is 23.3 Å². The number of ether oxygens (including phenoxy) is 1. The first-order valence-corrected chi connectivity index (χ1v) is 7.78. The molecule has 1 saturated heterocycles. The van der Waals surface area contributed by atoms with Crippen molar-refractivity contribution in [2.75, 3.05) is 6.54 Å². The first-order valence-electron chi connectivity index (χ1n) is 7.78. The van der Waals surface area contributed by atoms with E-state index in [4.69, 9.17) is 4.74 Å². The molecule has 1 aliphatic heterocycles. The number of hydrogen-bond acceptors (Lipinski definition) is 3. The summed E-state index contributed by atoms with van der Waals surface area (Å²) < 4.78 is 5.72. The Bertz CT molecular complexity index is 718. The average Bonchev–Trinajstić information content (AvgIpc) is 3.06. The molecule has 1 heterocycles. The third kappa shape index (κ3) is 4.25. The fourth-order valence-corrected chi connectivity index (χ4v) is 2.44. The lowest BCUT2D eigenvalue weighted by Gasteiger charge is -2.11. The van der Waals surface area contributed by atoms with E-state index in [9.17, 15) is 9.59 Å². The number of hydrogen-bond donors (Lipinski definition) is 3. The molecule has 124 valence electrons. The summed E-state index contributed by atoms with van der Waals surface area (Å²) in [5.74, 6) is 0.625. The maximum atomic E-state index is 12.0. The summed E-state index contributed by atoms with van der Waals surface area (Å²) in [6.45, 7) is 1.19. The Morgan fingerprint density at radius 1 is 1.12 bits per heavy atom. The van der Waals surface area contributed by atoms with Crippen LogP contribution in [0.25, 0.3) is 0 Å². The molecule has 0 unspecified atom stereocenters. The van der Waals surface area contributed by atoms with Crippen molar-refractivity contribution < 1.29 is 14.3 Å². The van der Waals surface area contributed by atoms with Crippen LogP contribution < -0.4 is 20.7 Å². The van der Waals surface area contributed by atoms with Crippen LogP contribution in [0.5, 0.6) is 5.75 Å². The molecule has 3 N–H and O–H groups in total. The predicted molar refractivity (Wildman–Crippen MR) is 89.4 cm³/mol. The maximum Gasteiger partial charge on any atom is 0.315 e. The monoisotopic (exact) mass is 325 g/mol. The fourth-order valence-electron chi connectivity index (χ4n) is 2.44. The smallest absolute Gasteiger partial charge is 0.315 e. The Morgan fingerprint density at radius 2 is 1.92 bits per heavy atom. The molecule has 0 saturated carbocycles. The third-order valence-electron chi connectivity index (χ3n) is 3.70. The SMILES string of the molecule is O=C1NC[C@H](C(=O)NCc2cccc(COc3ccccc3)c2)N1. The van der Waals surface area contributed by atoms with Gasteiger partial charge < -0.3 is 20.7 Å². The van der Waals surface area contributed by atoms with Crippen molar-refractivity contribution in [1.82, 2.24) is 16.0 Å². The molecular formula is C18H19N3O3. The molecular weight excluding hydrogens is 306 g/mol. The van der Waals surface area contributed by atoms with Crippen molar-refractivity contribution in [3.05, 3.63) is 65.7 Å². The van der Waals surface area contributed by atoms with E-state index in [1.807, 2.05) is 54.6 Å². The second-order valence-electron chi connectivity index (χ2n) is 5.55. The molecule has 0 spiro atoms. The number of urea groups is 1. The van der Waals surface area contributed by atoms with Gasteiger partial charge in [-0.25, -0.2) is 4.79 Å². The summed E-state index contributed by atoms with van der Waals surface area (Å²) in [6, 6.07) is 16.7. The van der Waals surface area contributed by atoms with Crippen LogP contribution in [0.2, 0.25) is 0 Å². The Kier molecular flexibility index (Phi) is 4.96. The molecule has 24 heavy (non-hydrogen) atoms. The first kappa shape index (κ1) is 15.9. The van der Waals surface area contributed by atoms with Crippen LogP contribution in [0, 0.1) is 0 Å². The zero-order valence-electron chi connectivity index (χ0n) is 13.1. The topological polar surface area (TPSA) is 79.5 Å². The van der Waals surface area contributed by atoms with Gasteiger partial charge in [-0.2, -0.15) is 0 Å².